The Labute approximate surface area is 106 Å². The van der Waals surface area contributed by atoms with Crippen molar-refractivity contribution in [3.05, 3.63) is 0 Å². The van der Waals surface area contributed by atoms with E-state index >= 15 is 0 Å². The van der Waals surface area contributed by atoms with Crippen molar-refractivity contribution in [3.8, 4) is 0 Å². The molecule has 1 rings (SSSR count). The van der Waals surface area contributed by atoms with Crippen LogP contribution in [0, 0.1) is 11.8 Å². The molecule has 1 fully saturated rings. The van der Waals surface area contributed by atoms with Gasteiger partial charge in [-0.1, -0.05) is 27.7 Å². The molecule has 3 nitrogen and oxygen atoms in total. The fourth-order valence-corrected chi connectivity index (χ4v) is 2.86. The lowest BCUT2D eigenvalue weighted by molar-refractivity contribution is -0.138. The maximum absolute atomic E-state index is 12.4. The molecule has 0 radical (unpaired) electrons. The molecule has 1 N–H and O–H groups in total. The van der Waals surface area contributed by atoms with E-state index in [-0.39, 0.29) is 5.92 Å². The number of amides is 1. The minimum Gasteiger partial charge on any atom is -0.341 e. The van der Waals surface area contributed by atoms with Gasteiger partial charge in [0.05, 0.1) is 0 Å². The number of hydrogen-bond donors (Lipinski definition) is 1. The van der Waals surface area contributed by atoms with Crippen LogP contribution in [0.5, 0.6) is 0 Å². The summed E-state index contributed by atoms with van der Waals surface area (Å²) in [5, 5.41) is 3.48. The largest absolute Gasteiger partial charge is 0.341 e. The summed E-state index contributed by atoms with van der Waals surface area (Å²) >= 11 is 0. The van der Waals surface area contributed by atoms with Crippen LogP contribution in [0.15, 0.2) is 0 Å². The number of nitrogens with zero attached hydrogens (tertiary/aromatic N) is 1. The van der Waals surface area contributed by atoms with E-state index in [1.165, 1.54) is 6.42 Å². The van der Waals surface area contributed by atoms with Crippen LogP contribution in [0.3, 0.4) is 0 Å². The highest BCUT2D eigenvalue weighted by Gasteiger charge is 2.29. The smallest absolute Gasteiger partial charge is 0.225 e. The zero-order valence-electron chi connectivity index (χ0n) is 11.8. The zero-order valence-corrected chi connectivity index (χ0v) is 11.8. The van der Waals surface area contributed by atoms with Crippen molar-refractivity contribution in [2.24, 2.45) is 11.8 Å². The number of hydrogen-bond acceptors (Lipinski definition) is 2. The Kier molecular flexibility index (Phi) is 5.96. The summed E-state index contributed by atoms with van der Waals surface area (Å²) in [5.74, 6) is 1.21. The van der Waals surface area contributed by atoms with Gasteiger partial charge in [0.15, 0.2) is 0 Å². The molecule has 17 heavy (non-hydrogen) atoms. The van der Waals surface area contributed by atoms with Crippen LogP contribution in [-0.4, -0.2) is 36.5 Å². The highest BCUT2D eigenvalue weighted by atomic mass is 16.2. The Hall–Kier alpha value is -0.570. The van der Waals surface area contributed by atoms with E-state index < -0.39 is 0 Å². The number of carbonyl (C=O) groups excluding carboxylic acids is 1. The summed E-state index contributed by atoms with van der Waals surface area (Å²) in [5.41, 5.74) is 0. The van der Waals surface area contributed by atoms with Gasteiger partial charge in [0.1, 0.15) is 0 Å². The Balaban J connectivity index is 2.59. The second kappa shape index (κ2) is 7.00. The molecule has 0 spiro atoms. The monoisotopic (exact) mass is 240 g/mol. The average Bonchev–Trinajstić information content (AvgIpc) is 2.30. The Bertz CT molecular complexity index is 238. The second-order valence-corrected chi connectivity index (χ2v) is 5.35. The van der Waals surface area contributed by atoms with E-state index in [1.807, 2.05) is 0 Å². The fourth-order valence-electron chi connectivity index (χ4n) is 2.86. The predicted octanol–water partition coefficient (Wildman–Crippen LogP) is 2.27. The molecule has 3 heteroatoms. The van der Waals surface area contributed by atoms with Gasteiger partial charge in [0.2, 0.25) is 5.91 Å². The molecule has 0 aromatic carbocycles. The number of likely N-dealkylation sites (N-methyl/N-ethyl adjacent to an activating group) is 1. The van der Waals surface area contributed by atoms with Gasteiger partial charge in [-0.05, 0) is 31.7 Å². The van der Waals surface area contributed by atoms with Crippen molar-refractivity contribution in [3.63, 3.8) is 0 Å². The molecule has 100 valence electrons. The molecule has 0 bridgehead atoms. The first kappa shape index (κ1) is 14.5. The molecule has 1 aliphatic rings. The second-order valence-electron chi connectivity index (χ2n) is 5.35. The van der Waals surface area contributed by atoms with Crippen LogP contribution < -0.4 is 5.32 Å². The molecule has 2 atom stereocenters. The summed E-state index contributed by atoms with van der Waals surface area (Å²) in [6, 6.07) is 0.488. The van der Waals surface area contributed by atoms with Gasteiger partial charge in [0.25, 0.3) is 0 Å². The molecular formula is C14H28N2O. The van der Waals surface area contributed by atoms with Crippen LogP contribution in [0.2, 0.25) is 0 Å². The molecule has 1 heterocycles. The standard InChI is InChI=1S/C14H28N2O/c1-5-12(6-2)14(17)16-9-11(4)8-13(10-16)15-7-3/h11-13,15H,5-10H2,1-4H3. The van der Waals surface area contributed by atoms with Gasteiger partial charge < -0.3 is 10.2 Å². The van der Waals surface area contributed by atoms with Crippen LogP contribution in [-0.2, 0) is 4.79 Å². The summed E-state index contributed by atoms with van der Waals surface area (Å²) in [4.78, 5) is 14.4. The van der Waals surface area contributed by atoms with E-state index in [4.69, 9.17) is 0 Å². The normalized spacial score (nSPS) is 25.4. The van der Waals surface area contributed by atoms with Crippen molar-refractivity contribution < 1.29 is 4.79 Å². The number of piperidine rings is 1. The van der Waals surface area contributed by atoms with Gasteiger partial charge in [-0.15, -0.1) is 0 Å². The molecule has 1 saturated heterocycles. The minimum absolute atomic E-state index is 0.225. The lowest BCUT2D eigenvalue weighted by Crippen LogP contribution is -2.52. The molecule has 0 aromatic heterocycles. The van der Waals surface area contributed by atoms with Crippen LogP contribution in [0.1, 0.15) is 47.0 Å². The number of rotatable bonds is 5. The van der Waals surface area contributed by atoms with Gasteiger partial charge in [0, 0.05) is 25.0 Å². The third-order valence-electron chi connectivity index (χ3n) is 3.80. The maximum atomic E-state index is 12.4. The summed E-state index contributed by atoms with van der Waals surface area (Å²) in [7, 11) is 0. The summed E-state index contributed by atoms with van der Waals surface area (Å²) in [6.07, 6.45) is 3.12. The molecular weight excluding hydrogens is 212 g/mol. The predicted molar refractivity (Wildman–Crippen MR) is 71.9 cm³/mol. The third-order valence-corrected chi connectivity index (χ3v) is 3.80. The van der Waals surface area contributed by atoms with Crippen molar-refractivity contribution in [2.75, 3.05) is 19.6 Å². The topological polar surface area (TPSA) is 32.3 Å². The van der Waals surface area contributed by atoms with Gasteiger partial charge in [-0.25, -0.2) is 0 Å². The Morgan fingerprint density at radius 1 is 1.29 bits per heavy atom. The van der Waals surface area contributed by atoms with Crippen molar-refractivity contribution in [2.45, 2.75) is 53.0 Å². The average molecular weight is 240 g/mol. The maximum Gasteiger partial charge on any atom is 0.225 e. The number of carbonyl (C=O) groups is 1. The van der Waals surface area contributed by atoms with Crippen LogP contribution >= 0.6 is 0 Å². The highest BCUT2D eigenvalue weighted by molar-refractivity contribution is 5.78. The minimum atomic E-state index is 0.225. The summed E-state index contributed by atoms with van der Waals surface area (Å²) < 4.78 is 0. The van der Waals surface area contributed by atoms with Gasteiger partial charge >= 0.3 is 0 Å². The number of nitrogens with one attached hydrogen (secondary N) is 1. The lowest BCUT2D eigenvalue weighted by atomic mass is 9.93. The van der Waals surface area contributed by atoms with Crippen LogP contribution in [0.4, 0.5) is 0 Å². The van der Waals surface area contributed by atoms with E-state index in [1.54, 1.807) is 0 Å². The first-order valence-electron chi connectivity index (χ1n) is 7.14. The van der Waals surface area contributed by atoms with Gasteiger partial charge in [-0.2, -0.15) is 0 Å². The van der Waals surface area contributed by atoms with E-state index in [9.17, 15) is 4.79 Å². The third kappa shape index (κ3) is 3.98. The van der Waals surface area contributed by atoms with Crippen molar-refractivity contribution in [1.82, 2.24) is 10.2 Å². The van der Waals surface area contributed by atoms with E-state index in [0.717, 1.165) is 32.5 Å². The fraction of sp³-hybridized carbons (Fsp3) is 0.929. The lowest BCUT2D eigenvalue weighted by Gasteiger charge is -2.38. The first-order valence-corrected chi connectivity index (χ1v) is 7.14. The van der Waals surface area contributed by atoms with Crippen molar-refractivity contribution in [1.29, 1.82) is 0 Å². The van der Waals surface area contributed by atoms with Gasteiger partial charge in [-0.3, -0.25) is 4.79 Å². The Morgan fingerprint density at radius 2 is 1.94 bits per heavy atom. The molecule has 1 aliphatic heterocycles. The zero-order chi connectivity index (χ0) is 12.8. The van der Waals surface area contributed by atoms with E-state index in [0.29, 0.717) is 17.9 Å². The highest BCUT2D eigenvalue weighted by Crippen LogP contribution is 2.20. The molecule has 0 aliphatic carbocycles. The quantitative estimate of drug-likeness (QED) is 0.799. The van der Waals surface area contributed by atoms with Crippen LogP contribution in [0.25, 0.3) is 0 Å². The SMILES string of the molecule is CCNC1CC(C)CN(C(=O)C(CC)CC)C1. The Morgan fingerprint density at radius 3 is 2.47 bits per heavy atom. The molecule has 2 unspecified atom stereocenters. The number of likely N-dealkylation sites (tertiary alicyclic amines) is 1. The summed E-state index contributed by atoms with van der Waals surface area (Å²) in [6.45, 7) is 11.4. The molecule has 1 amide bonds. The van der Waals surface area contributed by atoms with Crippen molar-refractivity contribution >= 4 is 5.91 Å². The van der Waals surface area contributed by atoms with E-state index in [2.05, 4.69) is 37.9 Å². The molecule has 0 aromatic rings. The first-order chi connectivity index (χ1) is 8.12. The molecule has 0 saturated carbocycles.